The summed E-state index contributed by atoms with van der Waals surface area (Å²) < 4.78 is 0. The third kappa shape index (κ3) is 422. The first-order valence-electron chi connectivity index (χ1n) is 2.10. The molecule has 0 aliphatic heterocycles. The van der Waals surface area contributed by atoms with Crippen molar-refractivity contribution >= 4 is 6.16 Å². The summed E-state index contributed by atoms with van der Waals surface area (Å²) in [4.78, 5) is 8.56. The van der Waals surface area contributed by atoms with Crippen LogP contribution in [0.15, 0.2) is 12.7 Å². The number of carbonyl (C=O) groups is 1. The summed E-state index contributed by atoms with van der Waals surface area (Å²) in [5.74, 6) is 5.27. The Morgan fingerprint density at radius 1 is 1.67 bits per heavy atom. The molecule has 0 spiro atoms. The predicted octanol–water partition coefficient (Wildman–Crippen LogP) is 1.42. The molecule has 0 aromatic carbocycles. The van der Waals surface area contributed by atoms with E-state index in [1.54, 1.807) is 13.0 Å². The van der Waals surface area contributed by atoms with Crippen molar-refractivity contribution in [1.29, 1.82) is 0 Å². The van der Waals surface area contributed by atoms with Crippen molar-refractivity contribution in [3.8, 4) is 11.8 Å². The largest absolute Gasteiger partial charge is 0.503 e. The Kier molecular flexibility index (Phi) is 11.4. The average Bonchev–Trinajstić information content (AvgIpc) is 1.66. The summed E-state index contributed by atoms with van der Waals surface area (Å²) in [6.45, 7) is 5.16. The van der Waals surface area contributed by atoms with Gasteiger partial charge in [-0.3, -0.25) is 0 Å². The van der Waals surface area contributed by atoms with Crippen molar-refractivity contribution in [1.82, 2.24) is 0 Å². The van der Waals surface area contributed by atoms with E-state index in [0.717, 1.165) is 0 Å². The number of allylic oxidation sites excluding steroid dienone is 1. The lowest BCUT2D eigenvalue weighted by molar-refractivity contribution is 0.137. The summed E-state index contributed by atoms with van der Waals surface area (Å²) in [7, 11) is 0. The minimum absolute atomic E-state index is 1.57. The van der Waals surface area contributed by atoms with Gasteiger partial charge in [0.15, 0.2) is 0 Å². The molecule has 0 aliphatic carbocycles. The van der Waals surface area contributed by atoms with Crippen LogP contribution in [0.3, 0.4) is 0 Å². The molecule has 3 heteroatoms. The van der Waals surface area contributed by atoms with Gasteiger partial charge in [-0.05, 0) is 13.0 Å². The van der Waals surface area contributed by atoms with Crippen molar-refractivity contribution < 1.29 is 15.0 Å². The molecule has 0 atom stereocenters. The zero-order chi connectivity index (χ0) is 7.70. The molecule has 0 amide bonds. The molecule has 0 unspecified atom stereocenters. The van der Waals surface area contributed by atoms with Crippen LogP contribution in [0, 0.1) is 11.8 Å². The highest BCUT2D eigenvalue weighted by Gasteiger charge is 1.70. The van der Waals surface area contributed by atoms with E-state index in [1.807, 2.05) is 0 Å². The lowest BCUT2D eigenvalue weighted by atomic mass is 10.6. The maximum atomic E-state index is 8.56. The zero-order valence-electron chi connectivity index (χ0n) is 5.09. The van der Waals surface area contributed by atoms with E-state index in [2.05, 4.69) is 18.4 Å². The lowest BCUT2D eigenvalue weighted by Crippen LogP contribution is -1.81. The molecule has 0 heterocycles. The summed E-state index contributed by atoms with van der Waals surface area (Å²) in [5.41, 5.74) is 0. The van der Waals surface area contributed by atoms with Crippen LogP contribution in [-0.4, -0.2) is 16.4 Å². The monoisotopic (exact) mass is 128 g/mol. The van der Waals surface area contributed by atoms with Gasteiger partial charge in [0.2, 0.25) is 0 Å². The van der Waals surface area contributed by atoms with Crippen LogP contribution in [-0.2, 0) is 0 Å². The fourth-order valence-corrected chi connectivity index (χ4v) is 0.102. The molecule has 0 saturated heterocycles. The van der Waals surface area contributed by atoms with Gasteiger partial charge >= 0.3 is 6.16 Å². The molecule has 0 aliphatic rings. The van der Waals surface area contributed by atoms with Crippen LogP contribution >= 0.6 is 0 Å². The molecule has 3 nitrogen and oxygen atoms in total. The summed E-state index contributed by atoms with van der Waals surface area (Å²) >= 11 is 0. The second kappa shape index (κ2) is 9.76. The standard InChI is InChI=1S/C5H6.CH2O3/c1-3-5-4-2;2-1(3)4/h3H,1H2,2H3;(H2,2,3,4). The highest BCUT2D eigenvalue weighted by molar-refractivity contribution is 5.53. The second-order valence-corrected chi connectivity index (χ2v) is 0.881. The molecule has 50 valence electrons. The van der Waals surface area contributed by atoms with E-state index < -0.39 is 6.16 Å². The Labute approximate surface area is 53.6 Å². The van der Waals surface area contributed by atoms with Crippen LogP contribution < -0.4 is 0 Å². The smallest absolute Gasteiger partial charge is 0.450 e. The second-order valence-electron chi connectivity index (χ2n) is 0.881. The number of hydrogen-bond donors (Lipinski definition) is 2. The fraction of sp³-hybridized carbons (Fsp3) is 0.167. The molecule has 0 bridgehead atoms. The minimum Gasteiger partial charge on any atom is -0.450 e. The maximum Gasteiger partial charge on any atom is 0.503 e. The van der Waals surface area contributed by atoms with Gasteiger partial charge in [0.05, 0.1) is 0 Å². The molecule has 0 radical (unpaired) electrons. The van der Waals surface area contributed by atoms with Gasteiger partial charge in [0, 0.05) is 0 Å². The first-order valence-corrected chi connectivity index (χ1v) is 2.10. The zero-order valence-corrected chi connectivity index (χ0v) is 5.09. The summed E-state index contributed by atoms with van der Waals surface area (Å²) in [6.07, 6.45) is -0.264. The molecule has 2 N–H and O–H groups in total. The fourth-order valence-electron chi connectivity index (χ4n) is 0.102. The quantitative estimate of drug-likeness (QED) is 0.485. The predicted molar refractivity (Wildman–Crippen MR) is 34.3 cm³/mol. The van der Waals surface area contributed by atoms with E-state index in [4.69, 9.17) is 15.0 Å². The SMILES string of the molecule is C=CC#CC.O=C(O)O. The van der Waals surface area contributed by atoms with E-state index in [9.17, 15) is 0 Å². The molecule has 0 aromatic heterocycles. The normalized spacial score (nSPS) is 5.00. The Bertz CT molecular complexity index is 134. The van der Waals surface area contributed by atoms with Crippen LogP contribution in [0.25, 0.3) is 0 Å². The van der Waals surface area contributed by atoms with Crippen molar-refractivity contribution in [3.05, 3.63) is 12.7 Å². The summed E-state index contributed by atoms with van der Waals surface area (Å²) in [5, 5.41) is 13.9. The average molecular weight is 128 g/mol. The van der Waals surface area contributed by atoms with Gasteiger partial charge in [0.25, 0.3) is 0 Å². The topological polar surface area (TPSA) is 57.5 Å². The Morgan fingerprint density at radius 3 is 2.00 bits per heavy atom. The first kappa shape index (κ1) is 10.5. The van der Waals surface area contributed by atoms with Gasteiger partial charge in [-0.1, -0.05) is 12.5 Å². The van der Waals surface area contributed by atoms with Gasteiger partial charge < -0.3 is 10.2 Å². The molecule has 0 fully saturated rings. The van der Waals surface area contributed by atoms with Gasteiger partial charge in [0.1, 0.15) is 0 Å². The summed E-state index contributed by atoms with van der Waals surface area (Å²) in [6, 6.07) is 0. The van der Waals surface area contributed by atoms with E-state index in [-0.39, 0.29) is 0 Å². The van der Waals surface area contributed by atoms with Crippen LogP contribution in [0.2, 0.25) is 0 Å². The van der Waals surface area contributed by atoms with E-state index in [1.165, 1.54) is 0 Å². The van der Waals surface area contributed by atoms with Gasteiger partial charge in [-0.15, -0.1) is 5.92 Å². The van der Waals surface area contributed by atoms with Crippen LogP contribution in [0.1, 0.15) is 6.92 Å². The van der Waals surface area contributed by atoms with Crippen molar-refractivity contribution in [3.63, 3.8) is 0 Å². The van der Waals surface area contributed by atoms with Crippen molar-refractivity contribution in [2.75, 3.05) is 0 Å². The van der Waals surface area contributed by atoms with Crippen molar-refractivity contribution in [2.45, 2.75) is 6.92 Å². The van der Waals surface area contributed by atoms with E-state index >= 15 is 0 Å². The highest BCUT2D eigenvalue weighted by atomic mass is 16.6. The Morgan fingerprint density at radius 2 is 2.00 bits per heavy atom. The third-order valence-corrected chi connectivity index (χ3v) is 0.246. The maximum absolute atomic E-state index is 8.56. The van der Waals surface area contributed by atoms with Gasteiger partial charge in [-0.25, -0.2) is 4.79 Å². The number of hydrogen-bond acceptors (Lipinski definition) is 1. The molecule has 9 heavy (non-hydrogen) atoms. The molecule has 0 rings (SSSR count). The van der Waals surface area contributed by atoms with Crippen LogP contribution in [0.4, 0.5) is 4.79 Å². The van der Waals surface area contributed by atoms with Crippen LogP contribution in [0.5, 0.6) is 0 Å². The van der Waals surface area contributed by atoms with E-state index in [0.29, 0.717) is 0 Å². The van der Waals surface area contributed by atoms with Gasteiger partial charge in [-0.2, -0.15) is 0 Å². The first-order chi connectivity index (χ1) is 4.15. The Balaban J connectivity index is 0. The molecule has 0 saturated carbocycles. The minimum atomic E-state index is -1.83. The number of rotatable bonds is 0. The lowest BCUT2D eigenvalue weighted by Gasteiger charge is -1.60. The third-order valence-electron chi connectivity index (χ3n) is 0.246. The molecule has 0 aromatic rings. The van der Waals surface area contributed by atoms with Crippen molar-refractivity contribution in [2.24, 2.45) is 0 Å². The molecular weight excluding hydrogens is 120 g/mol. The number of carboxylic acid groups (broad SMARTS) is 2. The molecular formula is C6H8O3. The Hall–Kier alpha value is -1.43. The highest BCUT2D eigenvalue weighted by Crippen LogP contribution is 1.49.